The van der Waals surface area contributed by atoms with E-state index in [0.29, 0.717) is 0 Å². The largest absolute Gasteiger partial charge is 0.490 e. The third kappa shape index (κ3) is 12.9. The van der Waals surface area contributed by atoms with Crippen LogP contribution in [0.15, 0.2) is 42.5 Å². The van der Waals surface area contributed by atoms with E-state index in [2.05, 4.69) is 0 Å². The van der Waals surface area contributed by atoms with E-state index < -0.39 is 102 Å². The van der Waals surface area contributed by atoms with Crippen molar-refractivity contribution in [3.05, 3.63) is 70.3 Å². The molecule has 0 N–H and O–H groups in total. The molecule has 5 atom stereocenters. The first-order chi connectivity index (χ1) is 35.8. The second-order valence-electron chi connectivity index (χ2n) is 16.8. The second-order valence-corrected chi connectivity index (χ2v) is 16.8. The van der Waals surface area contributed by atoms with Gasteiger partial charge in [-0.25, -0.2) is 0 Å². The zero-order valence-corrected chi connectivity index (χ0v) is 42.9. The molecule has 2 aliphatic heterocycles. The van der Waals surface area contributed by atoms with Crippen molar-refractivity contribution in [2.45, 2.75) is 106 Å². The van der Waals surface area contributed by atoms with Crippen LogP contribution in [0.25, 0.3) is 0 Å². The highest BCUT2D eigenvalue weighted by Crippen LogP contribution is 2.60. The molecule has 0 unspecified atom stereocenters. The lowest BCUT2D eigenvalue weighted by molar-refractivity contribution is -0.154. The van der Waals surface area contributed by atoms with E-state index in [1.165, 1.54) is 44.6 Å². The maximum absolute atomic E-state index is 13.6. The molecule has 0 saturated heterocycles. The molecular formula is C52H50O24. The van der Waals surface area contributed by atoms with Gasteiger partial charge in [0.1, 0.15) is 40.6 Å². The van der Waals surface area contributed by atoms with Crippen molar-refractivity contribution in [2.24, 2.45) is 0 Å². The lowest BCUT2D eigenvalue weighted by Gasteiger charge is -2.42. The highest BCUT2D eigenvalue weighted by atomic mass is 16.6. The fraction of sp³-hybridized carbons (Fsp3) is 0.346. The quantitative estimate of drug-likeness (QED) is 0.0986. The predicted octanol–water partition coefficient (Wildman–Crippen LogP) is 5.91. The van der Waals surface area contributed by atoms with E-state index in [0.717, 1.165) is 81.4 Å². The summed E-state index contributed by atoms with van der Waals surface area (Å²) < 4.78 is 81.5. The number of esters is 10. The van der Waals surface area contributed by atoms with Gasteiger partial charge in [-0.05, 0) is 24.3 Å². The molecule has 76 heavy (non-hydrogen) atoms. The van der Waals surface area contributed by atoms with Crippen LogP contribution in [0.1, 0.15) is 115 Å². The molecule has 2 aliphatic rings. The van der Waals surface area contributed by atoms with Crippen molar-refractivity contribution in [1.29, 1.82) is 0 Å². The van der Waals surface area contributed by atoms with Crippen LogP contribution in [-0.2, 0) is 63.8 Å². The first-order valence-corrected chi connectivity index (χ1v) is 22.7. The molecule has 4 aromatic carbocycles. The summed E-state index contributed by atoms with van der Waals surface area (Å²) in [6.45, 7) is 10.7. The minimum Gasteiger partial charge on any atom is -0.490 e. The molecule has 0 fully saturated rings. The summed E-state index contributed by atoms with van der Waals surface area (Å²) in [7, 11) is 2.41. The van der Waals surface area contributed by atoms with Crippen molar-refractivity contribution in [1.82, 2.24) is 0 Å². The number of methoxy groups -OCH3 is 2. The van der Waals surface area contributed by atoms with Gasteiger partial charge in [0.15, 0.2) is 41.3 Å². The van der Waals surface area contributed by atoms with Crippen LogP contribution in [0.2, 0.25) is 0 Å². The Kier molecular flexibility index (Phi) is 17.2. The summed E-state index contributed by atoms with van der Waals surface area (Å²) in [5.74, 6) is -14.2. The van der Waals surface area contributed by atoms with Gasteiger partial charge in [0.05, 0.1) is 20.1 Å². The van der Waals surface area contributed by atoms with Gasteiger partial charge in [-0.15, -0.1) is 0 Å². The normalized spacial score (nSPS) is 17.0. The van der Waals surface area contributed by atoms with Crippen molar-refractivity contribution < 1.29 is 114 Å². The van der Waals surface area contributed by atoms with Gasteiger partial charge in [0, 0.05) is 122 Å². The number of carbonyl (C=O) groups is 10. The molecule has 0 saturated carbocycles. The van der Waals surface area contributed by atoms with Crippen LogP contribution in [0.5, 0.6) is 69.0 Å². The molecule has 0 aliphatic carbocycles. The number of ether oxygens (including phenoxy) is 14. The molecule has 402 valence electrons. The highest BCUT2D eigenvalue weighted by molar-refractivity contribution is 5.80. The number of carbonyl (C=O) groups excluding carboxylic acids is 10. The number of hydrogen-bond acceptors (Lipinski definition) is 24. The molecular weight excluding hydrogens is 1010 g/mol. The smallest absolute Gasteiger partial charge is 0.308 e. The van der Waals surface area contributed by atoms with Gasteiger partial charge >= 0.3 is 59.7 Å². The number of benzene rings is 4. The summed E-state index contributed by atoms with van der Waals surface area (Å²) in [5, 5.41) is 0. The molecule has 2 heterocycles. The molecule has 0 amide bonds. The average molecular weight is 1060 g/mol. The lowest BCUT2D eigenvalue weighted by atomic mass is 9.77. The molecule has 0 aromatic heterocycles. The van der Waals surface area contributed by atoms with Crippen LogP contribution >= 0.6 is 0 Å². The highest BCUT2D eigenvalue weighted by Gasteiger charge is 2.50. The molecule has 0 radical (unpaired) electrons. The zero-order chi connectivity index (χ0) is 56.0. The Morgan fingerprint density at radius 1 is 0.408 bits per heavy atom. The monoisotopic (exact) mass is 1060 g/mol. The molecule has 6 rings (SSSR count). The Morgan fingerprint density at radius 2 is 0.803 bits per heavy atom. The Balaban J connectivity index is 1.84. The zero-order valence-electron chi connectivity index (χ0n) is 42.9. The minimum absolute atomic E-state index is 0.00859. The first kappa shape index (κ1) is 56.1. The van der Waals surface area contributed by atoms with E-state index in [4.69, 9.17) is 66.3 Å². The van der Waals surface area contributed by atoms with Gasteiger partial charge < -0.3 is 66.3 Å². The molecule has 4 aromatic rings. The van der Waals surface area contributed by atoms with Crippen LogP contribution in [0.3, 0.4) is 0 Å². The SMILES string of the molecule is COc1c(OC(C)=O)cc([C@H]2Oc3cc(OC(C)=O)cc(OC(C)=O)c3[C@@H](c3c(OC(C)=O)cc(OC(C)=O)c4c3O[C@H](c3cc(OC(C)=O)c(OC)c(OC(C)=O)c3)[C@@H](OC(C)=O)C4)[C@@H]2OC(C)=O)cc1OC(C)=O. The lowest BCUT2D eigenvalue weighted by Crippen LogP contribution is -2.40. The van der Waals surface area contributed by atoms with Crippen LogP contribution in [-0.4, -0.2) is 86.1 Å². The van der Waals surface area contributed by atoms with E-state index in [-0.39, 0.29) is 91.1 Å². The van der Waals surface area contributed by atoms with Crippen molar-refractivity contribution in [3.63, 3.8) is 0 Å². The molecule has 24 nitrogen and oxygen atoms in total. The first-order valence-electron chi connectivity index (χ1n) is 22.7. The van der Waals surface area contributed by atoms with Crippen molar-refractivity contribution >= 4 is 59.7 Å². The van der Waals surface area contributed by atoms with Gasteiger partial charge in [-0.2, -0.15) is 0 Å². The fourth-order valence-corrected chi connectivity index (χ4v) is 8.61. The minimum atomic E-state index is -1.79. The van der Waals surface area contributed by atoms with Gasteiger partial charge in [-0.3, -0.25) is 47.9 Å². The van der Waals surface area contributed by atoms with Crippen LogP contribution < -0.4 is 56.8 Å². The Labute approximate surface area is 432 Å². The number of rotatable bonds is 15. The Morgan fingerprint density at radius 3 is 1.21 bits per heavy atom. The maximum atomic E-state index is 13.6. The fourth-order valence-electron chi connectivity index (χ4n) is 8.61. The van der Waals surface area contributed by atoms with Gasteiger partial charge in [0.25, 0.3) is 0 Å². The standard InChI is InChI=1S/C52H50O24/c1-21(53)65-33-17-36(67-23(3)55)44-37(18-33)75-48(32-15-41(71-27(7)59)51(64-12)42(16-32)72-28(8)60)52(74-30(10)62)46(44)45-38(68-24(4)56)20-35(66-22(2)54)34-19-43(73-29(9)61)47(76-49(34)45)31-13-39(69-25(5)57)50(63-11)40(14-31)70-26(6)58/h13-18,20,43,46-48,52H,19H2,1-12H3/t43-,46-,47+,48+,52-/m0/s1. The summed E-state index contributed by atoms with van der Waals surface area (Å²) in [4.78, 5) is 129. The third-order valence-electron chi connectivity index (χ3n) is 10.7. The summed E-state index contributed by atoms with van der Waals surface area (Å²) in [5.41, 5.74) is -0.535. The number of fused-ring (bicyclic) bond motifs is 2. The third-order valence-corrected chi connectivity index (χ3v) is 10.7. The topological polar surface area (TPSA) is 300 Å². The second kappa shape index (κ2) is 23.3. The van der Waals surface area contributed by atoms with Gasteiger partial charge in [0.2, 0.25) is 11.5 Å². The summed E-state index contributed by atoms with van der Waals surface area (Å²) in [6.07, 6.45) is -6.82. The van der Waals surface area contributed by atoms with Crippen LogP contribution in [0.4, 0.5) is 0 Å². The van der Waals surface area contributed by atoms with E-state index >= 15 is 0 Å². The molecule has 0 bridgehead atoms. The number of hydrogen-bond donors (Lipinski definition) is 0. The molecule has 24 heteroatoms. The van der Waals surface area contributed by atoms with Crippen molar-refractivity contribution in [3.8, 4) is 69.0 Å². The summed E-state index contributed by atoms with van der Waals surface area (Å²) in [6, 6.07) is 8.51. The van der Waals surface area contributed by atoms with E-state index in [1.807, 2.05) is 0 Å². The Bertz CT molecular complexity index is 3000. The Hall–Kier alpha value is -9.22. The average Bonchev–Trinajstić information content (AvgIpc) is 3.28. The van der Waals surface area contributed by atoms with Crippen molar-refractivity contribution in [2.75, 3.05) is 14.2 Å². The summed E-state index contributed by atoms with van der Waals surface area (Å²) >= 11 is 0. The predicted molar refractivity (Wildman–Crippen MR) is 253 cm³/mol. The van der Waals surface area contributed by atoms with Gasteiger partial charge in [-0.1, -0.05) is 0 Å². The maximum Gasteiger partial charge on any atom is 0.308 e. The van der Waals surface area contributed by atoms with E-state index in [9.17, 15) is 47.9 Å². The van der Waals surface area contributed by atoms with Crippen LogP contribution in [0, 0.1) is 0 Å². The van der Waals surface area contributed by atoms with E-state index in [1.54, 1.807) is 0 Å². The molecule has 0 spiro atoms.